The Balaban J connectivity index is 2.08. The van der Waals surface area contributed by atoms with Crippen LogP contribution in [0.3, 0.4) is 0 Å². The number of hydrogen-bond acceptors (Lipinski definition) is 5. The van der Waals surface area contributed by atoms with Crippen molar-refractivity contribution in [3.05, 3.63) is 92.4 Å². The SMILES string of the molecule is CNC1=C([N+](=O)[O-])C(c2ccc(Cl)cc2)c2c(ccc3ccc(O)cc23)O1. The third-order valence-electron chi connectivity index (χ3n) is 4.64. The lowest BCUT2D eigenvalue weighted by atomic mass is 9.83. The number of nitrogens with one attached hydrogen (secondary N) is 1. The molecule has 0 saturated heterocycles. The van der Waals surface area contributed by atoms with Gasteiger partial charge in [0.15, 0.2) is 0 Å². The van der Waals surface area contributed by atoms with Crippen LogP contribution >= 0.6 is 11.6 Å². The summed E-state index contributed by atoms with van der Waals surface area (Å²) in [4.78, 5) is 11.5. The van der Waals surface area contributed by atoms with Crippen LogP contribution in [0.4, 0.5) is 0 Å². The van der Waals surface area contributed by atoms with Crippen molar-refractivity contribution in [3.63, 3.8) is 0 Å². The zero-order valence-electron chi connectivity index (χ0n) is 14.3. The molecule has 27 heavy (non-hydrogen) atoms. The lowest BCUT2D eigenvalue weighted by molar-refractivity contribution is -0.432. The zero-order chi connectivity index (χ0) is 19.1. The molecule has 0 amide bonds. The van der Waals surface area contributed by atoms with Gasteiger partial charge in [-0.25, -0.2) is 0 Å². The first kappa shape index (κ1) is 17.2. The van der Waals surface area contributed by atoms with Crippen molar-refractivity contribution in [2.24, 2.45) is 0 Å². The highest BCUT2D eigenvalue weighted by atomic mass is 35.5. The van der Waals surface area contributed by atoms with E-state index in [9.17, 15) is 15.2 Å². The van der Waals surface area contributed by atoms with E-state index < -0.39 is 10.8 Å². The van der Waals surface area contributed by atoms with Gasteiger partial charge in [-0.15, -0.1) is 0 Å². The molecule has 1 aliphatic rings. The summed E-state index contributed by atoms with van der Waals surface area (Å²) in [7, 11) is 1.58. The summed E-state index contributed by atoms with van der Waals surface area (Å²) in [5, 5.41) is 26.8. The van der Waals surface area contributed by atoms with Crippen LogP contribution in [0.25, 0.3) is 10.8 Å². The van der Waals surface area contributed by atoms with Gasteiger partial charge >= 0.3 is 5.70 Å². The molecular formula is C20H15ClN2O4. The minimum atomic E-state index is -0.686. The van der Waals surface area contributed by atoms with E-state index in [1.807, 2.05) is 6.07 Å². The Morgan fingerprint density at radius 2 is 1.85 bits per heavy atom. The molecule has 0 bridgehead atoms. The minimum absolute atomic E-state index is 0.0804. The van der Waals surface area contributed by atoms with Crippen molar-refractivity contribution in [2.45, 2.75) is 5.92 Å². The Hall–Kier alpha value is -3.25. The Morgan fingerprint density at radius 3 is 2.52 bits per heavy atom. The molecule has 2 N–H and O–H groups in total. The van der Waals surface area contributed by atoms with E-state index in [0.717, 1.165) is 5.39 Å². The molecule has 4 rings (SSSR count). The number of phenolic OH excluding ortho intramolecular Hbond substituents is 1. The lowest BCUT2D eigenvalue weighted by Crippen LogP contribution is -2.28. The van der Waals surface area contributed by atoms with E-state index >= 15 is 0 Å². The van der Waals surface area contributed by atoms with Crippen LogP contribution in [0.2, 0.25) is 5.02 Å². The lowest BCUT2D eigenvalue weighted by Gasteiger charge is -2.27. The van der Waals surface area contributed by atoms with Gasteiger partial charge in [-0.2, -0.15) is 0 Å². The third kappa shape index (κ3) is 2.84. The number of aromatic hydroxyl groups is 1. The van der Waals surface area contributed by atoms with E-state index in [0.29, 0.717) is 27.3 Å². The van der Waals surface area contributed by atoms with E-state index in [1.165, 1.54) is 0 Å². The summed E-state index contributed by atoms with van der Waals surface area (Å²) in [6, 6.07) is 15.5. The normalized spacial score (nSPS) is 16.0. The number of hydrogen-bond donors (Lipinski definition) is 2. The van der Waals surface area contributed by atoms with Gasteiger partial charge in [0, 0.05) is 17.6 Å². The Labute approximate surface area is 159 Å². The molecule has 1 heterocycles. The molecule has 0 fully saturated rings. The molecule has 0 saturated carbocycles. The quantitative estimate of drug-likeness (QED) is 0.518. The van der Waals surface area contributed by atoms with E-state index in [-0.39, 0.29) is 17.3 Å². The summed E-state index contributed by atoms with van der Waals surface area (Å²) >= 11 is 6.01. The number of halogens is 1. The molecule has 3 aromatic carbocycles. The van der Waals surface area contributed by atoms with Crippen LogP contribution < -0.4 is 10.1 Å². The van der Waals surface area contributed by atoms with E-state index in [4.69, 9.17) is 16.3 Å². The van der Waals surface area contributed by atoms with Crippen molar-refractivity contribution in [3.8, 4) is 11.5 Å². The summed E-state index contributed by atoms with van der Waals surface area (Å²) in [5.74, 6) is -0.0132. The van der Waals surface area contributed by atoms with Crippen molar-refractivity contribution >= 4 is 22.4 Å². The Bertz CT molecular complexity index is 1090. The molecular weight excluding hydrogens is 368 g/mol. The van der Waals surface area contributed by atoms with Crippen LogP contribution in [0.1, 0.15) is 17.0 Å². The van der Waals surface area contributed by atoms with Gasteiger partial charge in [0.1, 0.15) is 17.4 Å². The molecule has 0 aliphatic carbocycles. The fourth-order valence-corrected chi connectivity index (χ4v) is 3.60. The van der Waals surface area contributed by atoms with Crippen molar-refractivity contribution in [1.82, 2.24) is 5.32 Å². The van der Waals surface area contributed by atoms with Crippen LogP contribution in [0.15, 0.2) is 66.2 Å². The number of nitrogens with zero attached hydrogens (tertiary/aromatic N) is 1. The second kappa shape index (κ2) is 6.48. The van der Waals surface area contributed by atoms with Gasteiger partial charge in [0.05, 0.1) is 4.92 Å². The molecule has 7 heteroatoms. The van der Waals surface area contributed by atoms with Gasteiger partial charge in [0.25, 0.3) is 5.88 Å². The van der Waals surface area contributed by atoms with Gasteiger partial charge in [-0.3, -0.25) is 10.1 Å². The highest BCUT2D eigenvalue weighted by Crippen LogP contribution is 2.46. The molecule has 1 unspecified atom stereocenters. The maximum Gasteiger partial charge on any atom is 0.317 e. The van der Waals surface area contributed by atoms with Gasteiger partial charge < -0.3 is 15.2 Å². The summed E-state index contributed by atoms with van der Waals surface area (Å²) in [6.07, 6.45) is 0. The van der Waals surface area contributed by atoms with Gasteiger partial charge in [-0.1, -0.05) is 35.9 Å². The fourth-order valence-electron chi connectivity index (χ4n) is 3.47. The number of fused-ring (bicyclic) bond motifs is 3. The Morgan fingerprint density at radius 1 is 1.15 bits per heavy atom. The third-order valence-corrected chi connectivity index (χ3v) is 4.89. The van der Waals surface area contributed by atoms with Crippen molar-refractivity contribution < 1.29 is 14.8 Å². The van der Waals surface area contributed by atoms with E-state index in [1.54, 1.807) is 55.6 Å². The zero-order valence-corrected chi connectivity index (χ0v) is 15.0. The first-order valence-electron chi connectivity index (χ1n) is 8.25. The summed E-state index contributed by atoms with van der Waals surface area (Å²) in [6.45, 7) is 0. The van der Waals surface area contributed by atoms with Crippen LogP contribution in [-0.2, 0) is 0 Å². The van der Waals surface area contributed by atoms with Crippen molar-refractivity contribution in [2.75, 3.05) is 7.05 Å². The largest absolute Gasteiger partial charge is 0.508 e. The molecule has 0 radical (unpaired) electrons. The maximum absolute atomic E-state index is 11.9. The topological polar surface area (TPSA) is 84.6 Å². The molecule has 1 aliphatic heterocycles. The first-order valence-corrected chi connectivity index (χ1v) is 8.62. The monoisotopic (exact) mass is 382 g/mol. The van der Waals surface area contributed by atoms with E-state index in [2.05, 4.69) is 5.32 Å². The molecule has 6 nitrogen and oxygen atoms in total. The number of phenols is 1. The highest BCUT2D eigenvalue weighted by molar-refractivity contribution is 6.30. The summed E-state index contributed by atoms with van der Waals surface area (Å²) in [5.41, 5.74) is 1.25. The van der Waals surface area contributed by atoms with Crippen LogP contribution in [0.5, 0.6) is 11.5 Å². The number of benzene rings is 3. The van der Waals surface area contributed by atoms with Crippen LogP contribution in [0, 0.1) is 10.1 Å². The minimum Gasteiger partial charge on any atom is -0.508 e. The molecule has 3 aromatic rings. The smallest absolute Gasteiger partial charge is 0.317 e. The number of ether oxygens (including phenoxy) is 1. The van der Waals surface area contributed by atoms with Crippen molar-refractivity contribution in [1.29, 1.82) is 0 Å². The predicted molar refractivity (Wildman–Crippen MR) is 103 cm³/mol. The Kier molecular flexibility index (Phi) is 4.12. The molecule has 0 aromatic heterocycles. The number of nitro groups is 1. The molecule has 0 spiro atoms. The fraction of sp³-hybridized carbons (Fsp3) is 0.100. The number of allylic oxidation sites excluding steroid dienone is 1. The average molecular weight is 383 g/mol. The first-order chi connectivity index (χ1) is 13.0. The number of rotatable bonds is 3. The predicted octanol–water partition coefficient (Wildman–Crippen LogP) is 4.39. The molecule has 1 atom stereocenters. The van der Waals surface area contributed by atoms with Crippen LogP contribution in [-0.4, -0.2) is 17.1 Å². The highest BCUT2D eigenvalue weighted by Gasteiger charge is 2.40. The standard InChI is InChI=1S/C20H15ClN2O4/c1-22-20-19(23(25)26)17(12-2-6-13(21)7-3-12)18-15-10-14(24)8-4-11(15)5-9-16(18)27-20/h2-10,17,22,24H,1H3. The van der Waals surface area contributed by atoms with Gasteiger partial charge in [-0.05, 0) is 46.7 Å². The second-order valence-corrected chi connectivity index (χ2v) is 6.63. The molecule has 136 valence electrons. The van der Waals surface area contributed by atoms with Gasteiger partial charge in [0.2, 0.25) is 0 Å². The second-order valence-electron chi connectivity index (χ2n) is 6.19. The average Bonchev–Trinajstić information content (AvgIpc) is 2.66. The summed E-state index contributed by atoms with van der Waals surface area (Å²) < 4.78 is 5.80. The maximum atomic E-state index is 11.9.